The van der Waals surface area contributed by atoms with Crippen molar-refractivity contribution in [3.05, 3.63) is 89.5 Å². The number of carbonyl (C=O) groups excluding carboxylic acids is 1. The van der Waals surface area contributed by atoms with Crippen LogP contribution < -0.4 is 10.2 Å². The lowest BCUT2D eigenvalue weighted by atomic mass is 10.0. The first-order valence-corrected chi connectivity index (χ1v) is 10.5. The van der Waals surface area contributed by atoms with E-state index in [9.17, 15) is 4.79 Å². The standard InChI is InChI=1S/C26H29N3O/c1-19-9-4-6-11-23(19)27-21-16-14-20(15-17-21)26(30)29-18-8-13-24(28(2)3)22-10-5-7-12-25(22)29/h4-7,9-12,14-17,24,27H,8,13,18H2,1-3H3. The molecule has 0 fully saturated rings. The number of hydrogen-bond acceptors (Lipinski definition) is 3. The minimum atomic E-state index is 0.0595. The summed E-state index contributed by atoms with van der Waals surface area (Å²) < 4.78 is 0. The number of anilines is 3. The van der Waals surface area contributed by atoms with Crippen LogP contribution >= 0.6 is 0 Å². The van der Waals surface area contributed by atoms with E-state index in [4.69, 9.17) is 0 Å². The van der Waals surface area contributed by atoms with Crippen LogP contribution in [0.25, 0.3) is 0 Å². The summed E-state index contributed by atoms with van der Waals surface area (Å²) in [6.45, 7) is 2.82. The number of benzene rings is 3. The molecule has 154 valence electrons. The Balaban J connectivity index is 1.58. The molecule has 0 saturated carbocycles. The van der Waals surface area contributed by atoms with Gasteiger partial charge in [0.05, 0.1) is 0 Å². The van der Waals surface area contributed by atoms with Crippen molar-refractivity contribution in [1.82, 2.24) is 4.90 Å². The Morgan fingerprint density at radius 3 is 2.40 bits per heavy atom. The minimum absolute atomic E-state index is 0.0595. The smallest absolute Gasteiger partial charge is 0.258 e. The van der Waals surface area contributed by atoms with Crippen molar-refractivity contribution in [1.29, 1.82) is 0 Å². The van der Waals surface area contributed by atoms with E-state index in [2.05, 4.69) is 61.6 Å². The molecule has 0 spiro atoms. The molecule has 3 aromatic carbocycles. The number of rotatable bonds is 4. The molecule has 0 radical (unpaired) electrons. The quantitative estimate of drug-likeness (QED) is 0.604. The lowest BCUT2D eigenvalue weighted by Crippen LogP contribution is -2.31. The lowest BCUT2D eigenvalue weighted by molar-refractivity contribution is 0.0987. The summed E-state index contributed by atoms with van der Waals surface area (Å²) in [7, 11) is 4.22. The molecule has 30 heavy (non-hydrogen) atoms. The van der Waals surface area contributed by atoms with Crippen molar-refractivity contribution in [2.24, 2.45) is 0 Å². The van der Waals surface area contributed by atoms with E-state index in [1.165, 1.54) is 11.1 Å². The maximum atomic E-state index is 13.4. The molecular weight excluding hydrogens is 370 g/mol. The Morgan fingerprint density at radius 2 is 1.67 bits per heavy atom. The molecule has 0 aliphatic carbocycles. The Kier molecular flexibility index (Phi) is 5.86. The van der Waals surface area contributed by atoms with E-state index >= 15 is 0 Å². The van der Waals surface area contributed by atoms with Gasteiger partial charge in [0.2, 0.25) is 0 Å². The highest BCUT2D eigenvalue weighted by molar-refractivity contribution is 6.06. The lowest BCUT2D eigenvalue weighted by Gasteiger charge is -2.27. The van der Waals surface area contributed by atoms with E-state index in [1.54, 1.807) is 0 Å². The summed E-state index contributed by atoms with van der Waals surface area (Å²) in [5.74, 6) is 0.0595. The molecule has 1 aliphatic heterocycles. The highest BCUT2D eigenvalue weighted by Crippen LogP contribution is 2.36. The highest BCUT2D eigenvalue weighted by atomic mass is 16.2. The fourth-order valence-corrected chi connectivity index (χ4v) is 4.20. The van der Waals surface area contributed by atoms with Crippen molar-refractivity contribution in [3.8, 4) is 0 Å². The number of nitrogens with one attached hydrogen (secondary N) is 1. The highest BCUT2D eigenvalue weighted by Gasteiger charge is 2.27. The number of para-hydroxylation sites is 2. The fourth-order valence-electron chi connectivity index (χ4n) is 4.20. The van der Waals surface area contributed by atoms with Gasteiger partial charge in [-0.2, -0.15) is 0 Å². The zero-order chi connectivity index (χ0) is 21.1. The monoisotopic (exact) mass is 399 g/mol. The number of amides is 1. The predicted molar refractivity (Wildman–Crippen MR) is 125 cm³/mol. The normalized spacial score (nSPS) is 16.1. The van der Waals surface area contributed by atoms with E-state index in [-0.39, 0.29) is 5.91 Å². The van der Waals surface area contributed by atoms with Gasteiger partial charge >= 0.3 is 0 Å². The largest absolute Gasteiger partial charge is 0.355 e. The van der Waals surface area contributed by atoms with Crippen molar-refractivity contribution in [3.63, 3.8) is 0 Å². The van der Waals surface area contributed by atoms with Gasteiger partial charge in [0.1, 0.15) is 0 Å². The summed E-state index contributed by atoms with van der Waals surface area (Å²) in [4.78, 5) is 17.6. The van der Waals surface area contributed by atoms with Crippen molar-refractivity contribution < 1.29 is 4.79 Å². The summed E-state index contributed by atoms with van der Waals surface area (Å²) in [6, 6.07) is 24.6. The Morgan fingerprint density at radius 1 is 0.967 bits per heavy atom. The van der Waals surface area contributed by atoms with E-state index in [1.807, 2.05) is 47.4 Å². The number of aryl methyl sites for hydroxylation is 1. The Hall–Kier alpha value is -3.11. The van der Waals surface area contributed by atoms with Crippen LogP contribution in [0.1, 0.15) is 40.4 Å². The van der Waals surface area contributed by atoms with E-state index < -0.39 is 0 Å². The average molecular weight is 400 g/mol. The number of fused-ring (bicyclic) bond motifs is 1. The van der Waals surface area contributed by atoms with Crippen LogP contribution in [0.15, 0.2) is 72.8 Å². The molecule has 1 heterocycles. The molecular formula is C26H29N3O. The number of hydrogen-bond donors (Lipinski definition) is 1. The third kappa shape index (κ3) is 4.10. The van der Waals surface area contributed by atoms with Crippen molar-refractivity contribution in [2.75, 3.05) is 30.9 Å². The maximum Gasteiger partial charge on any atom is 0.258 e. The third-order valence-corrected chi connectivity index (χ3v) is 5.87. The molecule has 0 bridgehead atoms. The van der Waals surface area contributed by atoms with Crippen LogP contribution in [0.2, 0.25) is 0 Å². The topological polar surface area (TPSA) is 35.6 Å². The van der Waals surface area contributed by atoms with Crippen molar-refractivity contribution >= 4 is 23.0 Å². The second-order valence-corrected chi connectivity index (χ2v) is 8.15. The van der Waals surface area contributed by atoms with Gasteiger partial charge in [-0.1, -0.05) is 36.4 Å². The Bertz CT molecular complexity index is 1030. The molecule has 0 saturated heterocycles. The molecule has 1 unspecified atom stereocenters. The minimum Gasteiger partial charge on any atom is -0.355 e. The first-order chi connectivity index (χ1) is 14.5. The molecule has 1 aliphatic rings. The van der Waals surface area contributed by atoms with Gasteiger partial charge in [0.25, 0.3) is 5.91 Å². The van der Waals surface area contributed by atoms with Gasteiger partial charge in [-0.15, -0.1) is 0 Å². The molecule has 3 aromatic rings. The van der Waals surface area contributed by atoms with Gasteiger partial charge in [0.15, 0.2) is 0 Å². The molecule has 1 atom stereocenters. The third-order valence-electron chi connectivity index (χ3n) is 5.87. The van der Waals surface area contributed by atoms with Gasteiger partial charge in [-0.05, 0) is 81.4 Å². The average Bonchev–Trinajstić information content (AvgIpc) is 2.95. The molecule has 0 aromatic heterocycles. The second kappa shape index (κ2) is 8.72. The van der Waals surface area contributed by atoms with Gasteiger partial charge in [0, 0.05) is 35.2 Å². The fraction of sp³-hybridized carbons (Fsp3) is 0.269. The zero-order valence-electron chi connectivity index (χ0n) is 17.9. The molecule has 4 rings (SSSR count). The predicted octanol–water partition coefficient (Wildman–Crippen LogP) is 5.78. The molecule has 1 amide bonds. The second-order valence-electron chi connectivity index (χ2n) is 8.15. The van der Waals surface area contributed by atoms with Crippen LogP contribution in [0.3, 0.4) is 0 Å². The van der Waals surface area contributed by atoms with Crippen LogP contribution in [-0.2, 0) is 0 Å². The molecule has 4 nitrogen and oxygen atoms in total. The Labute approximate surface area is 179 Å². The van der Waals surface area contributed by atoms with Crippen LogP contribution in [0.4, 0.5) is 17.1 Å². The summed E-state index contributed by atoms with van der Waals surface area (Å²) >= 11 is 0. The van der Waals surface area contributed by atoms with Gasteiger partial charge in [-0.3, -0.25) is 4.79 Å². The number of carbonyl (C=O) groups is 1. The molecule has 1 N–H and O–H groups in total. The molecule has 4 heteroatoms. The maximum absolute atomic E-state index is 13.4. The van der Waals surface area contributed by atoms with Gasteiger partial charge < -0.3 is 15.1 Å². The first kappa shape index (κ1) is 20.2. The van der Waals surface area contributed by atoms with E-state index in [0.717, 1.165) is 36.4 Å². The van der Waals surface area contributed by atoms with Crippen molar-refractivity contribution in [2.45, 2.75) is 25.8 Å². The van der Waals surface area contributed by atoms with E-state index in [0.29, 0.717) is 11.6 Å². The van der Waals surface area contributed by atoms with Crippen LogP contribution in [0, 0.1) is 6.92 Å². The first-order valence-electron chi connectivity index (χ1n) is 10.5. The number of nitrogens with zero attached hydrogens (tertiary/aromatic N) is 2. The van der Waals surface area contributed by atoms with Gasteiger partial charge in [-0.25, -0.2) is 0 Å². The van der Waals surface area contributed by atoms with Crippen LogP contribution in [0.5, 0.6) is 0 Å². The summed E-state index contributed by atoms with van der Waals surface area (Å²) in [5.41, 5.74) is 6.21. The summed E-state index contributed by atoms with van der Waals surface area (Å²) in [5, 5.41) is 3.43. The zero-order valence-corrected chi connectivity index (χ0v) is 17.9. The SMILES string of the molecule is Cc1ccccc1Nc1ccc(C(=O)N2CCCC(N(C)C)c3ccccc32)cc1. The van der Waals surface area contributed by atoms with Crippen LogP contribution in [-0.4, -0.2) is 31.4 Å². The summed E-state index contributed by atoms with van der Waals surface area (Å²) in [6.07, 6.45) is 2.03.